The fourth-order valence-corrected chi connectivity index (χ4v) is 2.34. The molecule has 0 aromatic carbocycles. The van der Waals surface area contributed by atoms with Crippen molar-refractivity contribution in [1.82, 2.24) is 19.8 Å². The highest BCUT2D eigenvalue weighted by atomic mass is 32.1. The van der Waals surface area contributed by atoms with E-state index in [-0.39, 0.29) is 0 Å². The number of hydrogen-bond acceptors (Lipinski definition) is 7. The Morgan fingerprint density at radius 3 is 2.69 bits per heavy atom. The van der Waals surface area contributed by atoms with E-state index in [1.807, 2.05) is 6.92 Å². The maximum atomic E-state index is 5.43. The summed E-state index contributed by atoms with van der Waals surface area (Å²) in [5.41, 5.74) is 6.33. The number of aromatic nitrogens is 4. The first-order chi connectivity index (χ1) is 6.31. The highest BCUT2D eigenvalue weighted by Crippen LogP contribution is 2.27. The predicted molar refractivity (Wildman–Crippen MR) is 51.4 cm³/mol. The Morgan fingerprint density at radius 2 is 2.15 bits per heavy atom. The SMILES string of the molecule is Cc1nnsc1-c1nnc(CN)s1. The minimum absolute atomic E-state index is 0.433. The lowest BCUT2D eigenvalue weighted by Crippen LogP contribution is -1.94. The molecule has 0 atom stereocenters. The number of nitrogens with two attached hydrogens (primary N) is 1. The van der Waals surface area contributed by atoms with Crippen LogP contribution in [0.3, 0.4) is 0 Å². The van der Waals surface area contributed by atoms with Crippen molar-refractivity contribution in [2.24, 2.45) is 5.73 Å². The quantitative estimate of drug-likeness (QED) is 0.799. The van der Waals surface area contributed by atoms with Gasteiger partial charge in [-0.15, -0.1) is 15.3 Å². The maximum Gasteiger partial charge on any atom is 0.161 e. The molecule has 2 N–H and O–H groups in total. The molecular weight excluding hydrogens is 206 g/mol. The lowest BCUT2D eigenvalue weighted by molar-refractivity contribution is 0.960. The molecule has 7 heteroatoms. The number of rotatable bonds is 2. The molecule has 0 saturated heterocycles. The fraction of sp³-hybridized carbons (Fsp3) is 0.333. The zero-order valence-corrected chi connectivity index (χ0v) is 8.52. The molecule has 0 aliphatic rings. The smallest absolute Gasteiger partial charge is 0.161 e. The Morgan fingerprint density at radius 1 is 1.31 bits per heavy atom. The summed E-state index contributed by atoms with van der Waals surface area (Å²) in [6.07, 6.45) is 0. The van der Waals surface area contributed by atoms with Crippen LogP contribution in [-0.4, -0.2) is 19.8 Å². The van der Waals surface area contributed by atoms with Crippen molar-refractivity contribution in [2.75, 3.05) is 0 Å². The molecule has 68 valence electrons. The van der Waals surface area contributed by atoms with Crippen LogP contribution < -0.4 is 5.73 Å². The van der Waals surface area contributed by atoms with E-state index in [4.69, 9.17) is 5.73 Å². The van der Waals surface area contributed by atoms with Gasteiger partial charge in [-0.05, 0) is 18.5 Å². The molecule has 2 aromatic rings. The molecule has 0 radical (unpaired) electrons. The Kier molecular flexibility index (Phi) is 2.30. The molecule has 5 nitrogen and oxygen atoms in total. The summed E-state index contributed by atoms with van der Waals surface area (Å²) in [5, 5.41) is 13.5. The van der Waals surface area contributed by atoms with Gasteiger partial charge in [0, 0.05) is 6.54 Å². The molecule has 2 rings (SSSR count). The van der Waals surface area contributed by atoms with Gasteiger partial charge in [0.05, 0.1) is 5.69 Å². The molecule has 0 bridgehead atoms. The third kappa shape index (κ3) is 1.58. The summed E-state index contributed by atoms with van der Waals surface area (Å²) in [6.45, 7) is 2.34. The van der Waals surface area contributed by atoms with Crippen molar-refractivity contribution >= 4 is 22.9 Å². The third-order valence-electron chi connectivity index (χ3n) is 1.49. The molecule has 2 aromatic heterocycles. The van der Waals surface area contributed by atoms with E-state index in [9.17, 15) is 0 Å². The molecule has 0 aliphatic carbocycles. The Balaban J connectivity index is 2.41. The average Bonchev–Trinajstić information content (AvgIpc) is 2.71. The number of nitrogens with zero attached hydrogens (tertiary/aromatic N) is 4. The van der Waals surface area contributed by atoms with Crippen LogP contribution >= 0.6 is 22.9 Å². The highest BCUT2D eigenvalue weighted by Gasteiger charge is 2.11. The zero-order chi connectivity index (χ0) is 9.26. The highest BCUT2D eigenvalue weighted by molar-refractivity contribution is 7.19. The second kappa shape index (κ2) is 3.44. The van der Waals surface area contributed by atoms with Crippen LogP contribution in [0.2, 0.25) is 0 Å². The van der Waals surface area contributed by atoms with Crippen molar-refractivity contribution in [1.29, 1.82) is 0 Å². The van der Waals surface area contributed by atoms with Gasteiger partial charge in [0.1, 0.15) is 9.88 Å². The molecule has 0 fully saturated rings. The first kappa shape index (κ1) is 8.67. The van der Waals surface area contributed by atoms with E-state index in [0.29, 0.717) is 6.54 Å². The van der Waals surface area contributed by atoms with Crippen molar-refractivity contribution in [3.05, 3.63) is 10.7 Å². The van der Waals surface area contributed by atoms with E-state index < -0.39 is 0 Å². The standard InChI is InChI=1S/C6H7N5S2/c1-3-5(13-11-8-3)6-10-9-4(2-7)12-6/h2,7H2,1H3. The average molecular weight is 213 g/mol. The minimum Gasteiger partial charge on any atom is -0.324 e. The molecule has 0 saturated carbocycles. The number of hydrogen-bond donors (Lipinski definition) is 1. The van der Waals surface area contributed by atoms with Crippen molar-refractivity contribution in [3.63, 3.8) is 0 Å². The van der Waals surface area contributed by atoms with Crippen LogP contribution in [0.1, 0.15) is 10.7 Å². The molecule has 0 spiro atoms. The maximum absolute atomic E-state index is 5.43. The molecule has 2 heterocycles. The normalized spacial score (nSPS) is 10.6. The second-order valence-electron chi connectivity index (χ2n) is 2.39. The Bertz CT molecular complexity index is 407. The summed E-state index contributed by atoms with van der Waals surface area (Å²) in [5.74, 6) is 0. The van der Waals surface area contributed by atoms with Crippen LogP contribution in [0.15, 0.2) is 0 Å². The second-order valence-corrected chi connectivity index (χ2v) is 4.21. The van der Waals surface area contributed by atoms with Gasteiger partial charge in [-0.3, -0.25) is 0 Å². The van der Waals surface area contributed by atoms with Gasteiger partial charge in [0.15, 0.2) is 5.01 Å². The summed E-state index contributed by atoms with van der Waals surface area (Å²) < 4.78 is 3.83. The summed E-state index contributed by atoms with van der Waals surface area (Å²) in [6, 6.07) is 0. The van der Waals surface area contributed by atoms with E-state index in [2.05, 4.69) is 19.8 Å². The van der Waals surface area contributed by atoms with Gasteiger partial charge >= 0.3 is 0 Å². The van der Waals surface area contributed by atoms with Crippen LogP contribution in [-0.2, 0) is 6.54 Å². The Hall–Kier alpha value is -0.920. The topological polar surface area (TPSA) is 77.6 Å². The molecule has 0 unspecified atom stereocenters. The fourth-order valence-electron chi connectivity index (χ4n) is 0.856. The van der Waals surface area contributed by atoms with Crippen LogP contribution in [0.5, 0.6) is 0 Å². The van der Waals surface area contributed by atoms with Crippen molar-refractivity contribution in [2.45, 2.75) is 13.5 Å². The van der Waals surface area contributed by atoms with Gasteiger partial charge in [-0.2, -0.15) is 0 Å². The van der Waals surface area contributed by atoms with Gasteiger partial charge in [-0.25, -0.2) is 0 Å². The van der Waals surface area contributed by atoms with E-state index in [1.165, 1.54) is 22.9 Å². The third-order valence-corrected chi connectivity index (χ3v) is 3.41. The van der Waals surface area contributed by atoms with E-state index >= 15 is 0 Å². The predicted octanol–water partition coefficient (Wildman–Crippen LogP) is 0.824. The zero-order valence-electron chi connectivity index (χ0n) is 6.89. The summed E-state index contributed by atoms with van der Waals surface area (Å²) in [4.78, 5) is 0.984. The Labute approximate surface area is 82.8 Å². The number of aryl methyl sites for hydroxylation is 1. The summed E-state index contributed by atoms with van der Waals surface area (Å²) >= 11 is 2.82. The van der Waals surface area contributed by atoms with E-state index in [0.717, 1.165) is 20.6 Å². The first-order valence-electron chi connectivity index (χ1n) is 3.63. The van der Waals surface area contributed by atoms with Crippen LogP contribution in [0.25, 0.3) is 9.88 Å². The largest absolute Gasteiger partial charge is 0.324 e. The molecule has 0 amide bonds. The minimum atomic E-state index is 0.433. The summed E-state index contributed by atoms with van der Waals surface area (Å²) in [7, 11) is 0. The van der Waals surface area contributed by atoms with Gasteiger partial charge in [-0.1, -0.05) is 15.8 Å². The monoisotopic (exact) mass is 213 g/mol. The first-order valence-corrected chi connectivity index (χ1v) is 5.22. The van der Waals surface area contributed by atoms with Crippen LogP contribution in [0.4, 0.5) is 0 Å². The van der Waals surface area contributed by atoms with Gasteiger partial charge < -0.3 is 5.73 Å². The van der Waals surface area contributed by atoms with E-state index in [1.54, 1.807) is 0 Å². The molecule has 13 heavy (non-hydrogen) atoms. The van der Waals surface area contributed by atoms with Crippen molar-refractivity contribution < 1.29 is 0 Å². The van der Waals surface area contributed by atoms with Crippen LogP contribution in [0, 0.1) is 6.92 Å². The van der Waals surface area contributed by atoms with Crippen molar-refractivity contribution in [3.8, 4) is 9.88 Å². The van der Waals surface area contributed by atoms with Gasteiger partial charge in [0.25, 0.3) is 0 Å². The lowest BCUT2D eigenvalue weighted by Gasteiger charge is -1.85. The molecular formula is C6H7N5S2. The lowest BCUT2D eigenvalue weighted by atomic mass is 10.4. The molecule has 0 aliphatic heterocycles. The van der Waals surface area contributed by atoms with Gasteiger partial charge in [0.2, 0.25) is 0 Å².